The Hall–Kier alpha value is -3.28. The highest BCUT2D eigenvalue weighted by Crippen LogP contribution is 2.32. The van der Waals surface area contributed by atoms with Gasteiger partial charge >= 0.3 is 0 Å². The van der Waals surface area contributed by atoms with Gasteiger partial charge in [-0.05, 0) is 42.7 Å². The van der Waals surface area contributed by atoms with E-state index in [0.29, 0.717) is 11.9 Å². The van der Waals surface area contributed by atoms with Crippen LogP contribution in [0.5, 0.6) is 11.5 Å². The molecule has 2 aromatic carbocycles. The zero-order valence-electron chi connectivity index (χ0n) is 15.2. The van der Waals surface area contributed by atoms with Crippen LogP contribution in [0.4, 0.5) is 0 Å². The first-order valence-electron chi connectivity index (χ1n) is 8.83. The maximum atomic E-state index is 12.8. The first-order valence-corrected chi connectivity index (χ1v) is 8.83. The number of carbonyl (C=O) groups excluding carboxylic acids is 1. The van der Waals surface area contributed by atoms with Crippen molar-refractivity contribution in [2.24, 2.45) is 0 Å². The van der Waals surface area contributed by atoms with Crippen molar-refractivity contribution in [2.75, 3.05) is 7.11 Å². The van der Waals surface area contributed by atoms with E-state index in [1.54, 1.807) is 17.7 Å². The lowest BCUT2D eigenvalue weighted by Crippen LogP contribution is -2.34. The highest BCUT2D eigenvalue weighted by molar-refractivity contribution is 6.03. The molecule has 0 aliphatic carbocycles. The molecule has 0 saturated heterocycles. The van der Waals surface area contributed by atoms with E-state index in [-0.39, 0.29) is 17.4 Å². The van der Waals surface area contributed by atoms with Gasteiger partial charge in [0.05, 0.1) is 18.7 Å². The minimum absolute atomic E-state index is 0.207. The zero-order valence-corrected chi connectivity index (χ0v) is 15.2. The van der Waals surface area contributed by atoms with Crippen molar-refractivity contribution in [2.45, 2.75) is 25.9 Å². The summed E-state index contributed by atoms with van der Waals surface area (Å²) in [6.45, 7) is 2.34. The molecule has 0 spiro atoms. The average Bonchev–Trinajstić information content (AvgIpc) is 3.11. The largest absolute Gasteiger partial charge is 0.506 e. The SMILES string of the molecule is COc1ccc([C@@H](C)NC(=O)c2c(O)c3cccc4c3n(c2=O)CC4)cc1. The fourth-order valence-corrected chi connectivity index (χ4v) is 3.67. The van der Waals surface area contributed by atoms with Gasteiger partial charge in [-0.1, -0.05) is 24.3 Å². The molecular weight excluding hydrogens is 344 g/mol. The monoisotopic (exact) mass is 364 g/mol. The summed E-state index contributed by atoms with van der Waals surface area (Å²) in [5, 5.41) is 14.0. The Morgan fingerprint density at radius 3 is 2.67 bits per heavy atom. The average molecular weight is 364 g/mol. The lowest BCUT2D eigenvalue weighted by atomic mass is 10.1. The fourth-order valence-electron chi connectivity index (χ4n) is 3.67. The number of ether oxygens (including phenoxy) is 1. The van der Waals surface area contributed by atoms with Crippen molar-refractivity contribution < 1.29 is 14.6 Å². The third-order valence-electron chi connectivity index (χ3n) is 5.14. The molecule has 1 amide bonds. The second kappa shape index (κ2) is 6.46. The number of amides is 1. The maximum absolute atomic E-state index is 12.8. The van der Waals surface area contributed by atoms with Gasteiger partial charge in [-0.15, -0.1) is 0 Å². The summed E-state index contributed by atoms with van der Waals surface area (Å²) in [5.41, 5.74) is 1.95. The van der Waals surface area contributed by atoms with Gasteiger partial charge in [0.25, 0.3) is 11.5 Å². The van der Waals surface area contributed by atoms with Crippen LogP contribution in [0.15, 0.2) is 47.3 Å². The van der Waals surface area contributed by atoms with Crippen LogP contribution in [0.25, 0.3) is 10.9 Å². The van der Waals surface area contributed by atoms with Gasteiger partial charge in [0.15, 0.2) is 0 Å². The Labute approximate surface area is 156 Å². The summed E-state index contributed by atoms with van der Waals surface area (Å²) in [7, 11) is 1.59. The van der Waals surface area contributed by atoms with E-state index in [0.717, 1.165) is 28.8 Å². The Morgan fingerprint density at radius 1 is 1.22 bits per heavy atom. The second-order valence-electron chi connectivity index (χ2n) is 6.71. The molecule has 4 rings (SSSR count). The molecule has 0 radical (unpaired) electrons. The number of methoxy groups -OCH3 is 1. The van der Waals surface area contributed by atoms with Crippen LogP contribution in [0.2, 0.25) is 0 Å². The van der Waals surface area contributed by atoms with Crippen LogP contribution in [-0.4, -0.2) is 22.7 Å². The minimum Gasteiger partial charge on any atom is -0.506 e. The number of rotatable bonds is 4. The Morgan fingerprint density at radius 2 is 1.96 bits per heavy atom. The predicted molar refractivity (Wildman–Crippen MR) is 102 cm³/mol. The number of aromatic hydroxyl groups is 1. The Bertz CT molecular complexity index is 1100. The van der Waals surface area contributed by atoms with Crippen molar-refractivity contribution in [3.63, 3.8) is 0 Å². The maximum Gasteiger partial charge on any atom is 0.267 e. The number of carbonyl (C=O) groups is 1. The molecule has 1 aliphatic heterocycles. The van der Waals surface area contributed by atoms with Crippen molar-refractivity contribution in [3.8, 4) is 11.5 Å². The van der Waals surface area contributed by atoms with Crippen molar-refractivity contribution in [1.29, 1.82) is 0 Å². The number of nitrogens with zero attached hydrogens (tertiary/aromatic N) is 1. The number of hydrogen-bond acceptors (Lipinski definition) is 4. The van der Waals surface area contributed by atoms with Crippen LogP contribution < -0.4 is 15.6 Å². The summed E-state index contributed by atoms with van der Waals surface area (Å²) >= 11 is 0. The lowest BCUT2D eigenvalue weighted by molar-refractivity contribution is 0.0935. The van der Waals surface area contributed by atoms with E-state index in [9.17, 15) is 14.7 Å². The topological polar surface area (TPSA) is 80.6 Å². The van der Waals surface area contributed by atoms with Crippen molar-refractivity contribution >= 4 is 16.8 Å². The van der Waals surface area contributed by atoms with Gasteiger partial charge in [0, 0.05) is 11.9 Å². The molecule has 6 nitrogen and oxygen atoms in total. The number of pyridine rings is 1. The molecule has 0 unspecified atom stereocenters. The summed E-state index contributed by atoms with van der Waals surface area (Å²) in [6.07, 6.45) is 0.722. The van der Waals surface area contributed by atoms with E-state index in [4.69, 9.17) is 4.74 Å². The highest BCUT2D eigenvalue weighted by Gasteiger charge is 2.26. The third kappa shape index (κ3) is 2.73. The Kier molecular flexibility index (Phi) is 4.11. The van der Waals surface area contributed by atoms with Gasteiger partial charge in [-0.2, -0.15) is 0 Å². The van der Waals surface area contributed by atoms with E-state index in [1.165, 1.54) is 0 Å². The van der Waals surface area contributed by atoms with Crippen molar-refractivity contribution in [3.05, 3.63) is 69.5 Å². The second-order valence-corrected chi connectivity index (χ2v) is 6.71. The van der Waals surface area contributed by atoms with Crippen LogP contribution in [0, 0.1) is 0 Å². The molecule has 3 aromatic rings. The summed E-state index contributed by atoms with van der Waals surface area (Å²) in [5.74, 6) is -0.111. The summed E-state index contributed by atoms with van der Waals surface area (Å²) < 4.78 is 6.72. The smallest absolute Gasteiger partial charge is 0.267 e. The summed E-state index contributed by atoms with van der Waals surface area (Å²) in [6, 6.07) is 12.5. The molecule has 2 heterocycles. The quantitative estimate of drug-likeness (QED) is 0.746. The van der Waals surface area contributed by atoms with E-state index < -0.39 is 11.5 Å². The summed E-state index contributed by atoms with van der Waals surface area (Å²) in [4.78, 5) is 25.6. The van der Waals surface area contributed by atoms with Crippen LogP contribution >= 0.6 is 0 Å². The van der Waals surface area contributed by atoms with Gasteiger partial charge in [-0.3, -0.25) is 9.59 Å². The van der Waals surface area contributed by atoms with E-state index in [2.05, 4.69) is 5.32 Å². The van der Waals surface area contributed by atoms with E-state index >= 15 is 0 Å². The fraction of sp³-hybridized carbons (Fsp3) is 0.238. The molecule has 2 N–H and O–H groups in total. The van der Waals surface area contributed by atoms with Crippen LogP contribution in [-0.2, 0) is 13.0 Å². The Balaban J connectivity index is 1.70. The first-order chi connectivity index (χ1) is 13.0. The molecule has 1 aromatic heterocycles. The first kappa shape index (κ1) is 17.1. The third-order valence-corrected chi connectivity index (χ3v) is 5.14. The lowest BCUT2D eigenvalue weighted by Gasteiger charge is -2.16. The number of nitrogens with one attached hydrogen (secondary N) is 1. The molecule has 6 heteroatoms. The molecule has 138 valence electrons. The van der Waals surface area contributed by atoms with Gasteiger partial charge in [-0.25, -0.2) is 0 Å². The number of para-hydroxylation sites is 1. The zero-order chi connectivity index (χ0) is 19.1. The molecule has 0 saturated carbocycles. The normalized spacial score (nSPS) is 13.6. The molecule has 1 atom stereocenters. The number of benzene rings is 2. The number of aryl methyl sites for hydroxylation is 2. The molecule has 27 heavy (non-hydrogen) atoms. The van der Waals surface area contributed by atoms with Gasteiger partial charge in [0.1, 0.15) is 17.1 Å². The molecular formula is C21H20N2O4. The van der Waals surface area contributed by atoms with Crippen LogP contribution in [0.3, 0.4) is 0 Å². The number of aromatic nitrogens is 1. The minimum atomic E-state index is -0.580. The molecule has 1 aliphatic rings. The highest BCUT2D eigenvalue weighted by atomic mass is 16.5. The van der Waals surface area contributed by atoms with E-state index in [1.807, 2.05) is 43.3 Å². The van der Waals surface area contributed by atoms with Gasteiger partial charge < -0.3 is 19.7 Å². The van der Waals surface area contributed by atoms with Gasteiger partial charge in [0.2, 0.25) is 0 Å². The molecule has 0 fully saturated rings. The predicted octanol–water partition coefficient (Wildman–Crippen LogP) is 2.76. The number of hydrogen-bond donors (Lipinski definition) is 2. The standard InChI is InChI=1S/C21H20N2O4/c1-12(13-6-8-15(27-2)9-7-13)22-20(25)17-19(24)16-5-3-4-14-10-11-23(18(14)16)21(17)26/h3-9,12,24H,10-11H2,1-2H3,(H,22,25)/t12-/m1/s1. The van der Waals surface area contributed by atoms with Crippen LogP contribution in [0.1, 0.15) is 34.5 Å². The molecule has 0 bridgehead atoms. The van der Waals surface area contributed by atoms with Crippen molar-refractivity contribution in [1.82, 2.24) is 9.88 Å².